The molecule has 0 radical (unpaired) electrons. The van der Waals surface area contributed by atoms with E-state index in [1.807, 2.05) is 0 Å². The van der Waals surface area contributed by atoms with Crippen LogP contribution in [0, 0.1) is 5.92 Å². The highest BCUT2D eigenvalue weighted by Gasteiger charge is 2.29. The maximum absolute atomic E-state index is 12.0. The summed E-state index contributed by atoms with van der Waals surface area (Å²) in [4.78, 5) is 43.0. The molecule has 2 atom stereocenters. The van der Waals surface area contributed by atoms with Crippen molar-refractivity contribution in [2.75, 3.05) is 17.8 Å². The van der Waals surface area contributed by atoms with E-state index in [9.17, 15) is 23.8 Å². The van der Waals surface area contributed by atoms with Gasteiger partial charge in [-0.15, -0.1) is 0 Å². The van der Waals surface area contributed by atoms with Crippen molar-refractivity contribution in [1.82, 2.24) is 5.32 Å². The van der Waals surface area contributed by atoms with Crippen LogP contribution in [0.25, 0.3) is 0 Å². The second kappa shape index (κ2) is 9.05. The number of hydrogen-bond acceptors (Lipinski definition) is 4. The van der Waals surface area contributed by atoms with Gasteiger partial charge in [-0.05, 0) is 18.6 Å². The second-order valence-electron chi connectivity index (χ2n) is 5.15. The van der Waals surface area contributed by atoms with Gasteiger partial charge in [0.2, 0.25) is 7.37 Å². The topological polar surface area (TPSA) is 153 Å². The van der Waals surface area contributed by atoms with Gasteiger partial charge in [0.25, 0.3) is 0 Å². The van der Waals surface area contributed by atoms with Crippen molar-refractivity contribution in [3.05, 3.63) is 30.3 Å². The number of carbonyl (C=O) groups is 3. The number of amides is 2. The lowest BCUT2D eigenvalue weighted by atomic mass is 10.1. The van der Waals surface area contributed by atoms with Crippen LogP contribution in [-0.4, -0.2) is 45.5 Å². The first kappa shape index (κ1) is 19.7. The zero-order valence-corrected chi connectivity index (χ0v) is 13.6. The van der Waals surface area contributed by atoms with E-state index in [0.29, 0.717) is 5.69 Å². The molecule has 1 rings (SSSR count). The monoisotopic (exact) mass is 358 g/mol. The molecule has 132 valence electrons. The van der Waals surface area contributed by atoms with Crippen LogP contribution < -0.4 is 10.6 Å². The number of para-hydroxylation sites is 1. The van der Waals surface area contributed by atoms with E-state index in [1.165, 1.54) is 0 Å². The van der Waals surface area contributed by atoms with Gasteiger partial charge < -0.3 is 25.7 Å². The maximum Gasteiger partial charge on any atom is 0.319 e. The highest BCUT2D eigenvalue weighted by molar-refractivity contribution is 7.58. The standard InChI is InChI=1S/C14H19N2O7P/c17-12(18)7-6-10(13(19)20)8-24(22,23)9-15-14(21)16-11-4-2-1-3-5-11/h1-5,10H,6-9H2,(H,17,18)(H,19,20)(H,22,23)(H2,15,16,21). The molecule has 0 saturated heterocycles. The summed E-state index contributed by atoms with van der Waals surface area (Å²) in [6.45, 7) is 0. The molecule has 2 amide bonds. The van der Waals surface area contributed by atoms with Gasteiger partial charge in [0.05, 0.1) is 12.2 Å². The Bertz CT molecular complexity index is 635. The van der Waals surface area contributed by atoms with E-state index in [2.05, 4.69) is 10.6 Å². The Morgan fingerprint density at radius 3 is 2.29 bits per heavy atom. The van der Waals surface area contributed by atoms with E-state index >= 15 is 0 Å². The molecular formula is C14H19N2O7P. The molecule has 0 aliphatic heterocycles. The SMILES string of the molecule is O=C(O)CCC(CP(=O)(O)CNC(=O)Nc1ccccc1)C(=O)O. The first-order valence-corrected chi connectivity index (χ1v) is 9.08. The van der Waals surface area contributed by atoms with Crippen LogP contribution in [0.15, 0.2) is 30.3 Å². The molecular weight excluding hydrogens is 339 g/mol. The van der Waals surface area contributed by atoms with Crippen LogP contribution in [0.3, 0.4) is 0 Å². The number of urea groups is 1. The van der Waals surface area contributed by atoms with Crippen molar-refractivity contribution in [1.29, 1.82) is 0 Å². The minimum absolute atomic E-state index is 0.259. The summed E-state index contributed by atoms with van der Waals surface area (Å²) in [5, 5.41) is 22.2. The Balaban J connectivity index is 2.51. The number of rotatable bonds is 9. The molecule has 0 bridgehead atoms. The highest BCUT2D eigenvalue weighted by atomic mass is 31.2. The summed E-state index contributed by atoms with van der Waals surface area (Å²) in [6, 6.07) is 7.72. The van der Waals surface area contributed by atoms with Crippen molar-refractivity contribution in [3.63, 3.8) is 0 Å². The normalized spacial score (nSPS) is 14.2. The van der Waals surface area contributed by atoms with Gasteiger partial charge in [0.15, 0.2) is 0 Å². The van der Waals surface area contributed by atoms with E-state index in [1.54, 1.807) is 30.3 Å². The third kappa shape index (κ3) is 7.75. The lowest BCUT2D eigenvalue weighted by molar-refractivity contribution is -0.142. The fraction of sp³-hybridized carbons (Fsp3) is 0.357. The summed E-state index contributed by atoms with van der Waals surface area (Å²) in [7, 11) is -3.97. The largest absolute Gasteiger partial charge is 0.481 e. The molecule has 9 nitrogen and oxygen atoms in total. The minimum Gasteiger partial charge on any atom is -0.481 e. The van der Waals surface area contributed by atoms with Gasteiger partial charge in [-0.3, -0.25) is 14.2 Å². The fourth-order valence-electron chi connectivity index (χ4n) is 1.89. The molecule has 1 aromatic rings. The molecule has 0 saturated carbocycles. The summed E-state index contributed by atoms with van der Waals surface area (Å²) in [5.41, 5.74) is 0.493. The number of hydrogen-bond donors (Lipinski definition) is 5. The zero-order chi connectivity index (χ0) is 18.2. The average Bonchev–Trinajstić information content (AvgIpc) is 2.50. The van der Waals surface area contributed by atoms with Gasteiger partial charge >= 0.3 is 18.0 Å². The Morgan fingerprint density at radius 1 is 1.12 bits per heavy atom. The molecule has 0 aromatic heterocycles. The summed E-state index contributed by atoms with van der Waals surface area (Å²) in [5.74, 6) is -3.80. The first-order chi connectivity index (χ1) is 11.2. The van der Waals surface area contributed by atoms with Crippen molar-refractivity contribution in [2.45, 2.75) is 12.8 Å². The van der Waals surface area contributed by atoms with Crippen LogP contribution in [0.2, 0.25) is 0 Å². The number of anilines is 1. The Hall–Kier alpha value is -2.38. The fourth-order valence-corrected chi connectivity index (χ4v) is 3.44. The molecule has 0 aliphatic rings. The summed E-state index contributed by atoms with van der Waals surface area (Å²) in [6.07, 6.45) is -1.89. The molecule has 5 N–H and O–H groups in total. The number of carbonyl (C=O) groups excluding carboxylic acids is 1. The lowest BCUT2D eigenvalue weighted by Gasteiger charge is -2.17. The third-order valence-electron chi connectivity index (χ3n) is 3.08. The highest BCUT2D eigenvalue weighted by Crippen LogP contribution is 2.42. The number of carboxylic acids is 2. The second-order valence-corrected chi connectivity index (χ2v) is 7.53. The molecule has 2 unspecified atom stereocenters. The zero-order valence-electron chi connectivity index (χ0n) is 12.7. The first-order valence-electron chi connectivity index (χ1n) is 7.05. The maximum atomic E-state index is 12.0. The molecule has 0 heterocycles. The van der Waals surface area contributed by atoms with Gasteiger partial charge in [-0.25, -0.2) is 4.79 Å². The molecule has 0 spiro atoms. The predicted octanol–water partition coefficient (Wildman–Crippen LogP) is 1.60. The van der Waals surface area contributed by atoms with Crippen molar-refractivity contribution in [3.8, 4) is 0 Å². The van der Waals surface area contributed by atoms with Crippen molar-refractivity contribution >= 4 is 31.0 Å². The molecule has 10 heteroatoms. The molecule has 0 fully saturated rings. The Kier molecular flexibility index (Phi) is 7.41. The summed E-state index contributed by atoms with van der Waals surface area (Å²) >= 11 is 0. The third-order valence-corrected chi connectivity index (χ3v) is 4.74. The van der Waals surface area contributed by atoms with Crippen LogP contribution in [-0.2, 0) is 14.2 Å². The van der Waals surface area contributed by atoms with Crippen molar-refractivity contribution in [2.24, 2.45) is 5.92 Å². The van der Waals surface area contributed by atoms with Crippen LogP contribution in [0.5, 0.6) is 0 Å². The number of aliphatic carboxylic acids is 2. The number of nitrogens with one attached hydrogen (secondary N) is 2. The van der Waals surface area contributed by atoms with E-state index in [-0.39, 0.29) is 6.42 Å². The quantitative estimate of drug-likeness (QED) is 0.420. The van der Waals surface area contributed by atoms with E-state index in [0.717, 1.165) is 0 Å². The smallest absolute Gasteiger partial charge is 0.319 e. The predicted molar refractivity (Wildman–Crippen MR) is 86.2 cm³/mol. The van der Waals surface area contributed by atoms with Crippen LogP contribution in [0.4, 0.5) is 10.5 Å². The molecule has 24 heavy (non-hydrogen) atoms. The Morgan fingerprint density at radius 2 is 1.75 bits per heavy atom. The van der Waals surface area contributed by atoms with Gasteiger partial charge in [0, 0.05) is 18.3 Å². The van der Waals surface area contributed by atoms with Crippen LogP contribution >= 0.6 is 7.37 Å². The Labute approximate surface area is 138 Å². The van der Waals surface area contributed by atoms with Crippen LogP contribution in [0.1, 0.15) is 12.8 Å². The molecule has 0 aliphatic carbocycles. The number of benzene rings is 1. The number of carboxylic acid groups (broad SMARTS) is 2. The lowest BCUT2D eigenvalue weighted by Crippen LogP contribution is -2.31. The van der Waals surface area contributed by atoms with Gasteiger partial charge in [-0.1, -0.05) is 18.2 Å². The van der Waals surface area contributed by atoms with E-state index in [4.69, 9.17) is 10.2 Å². The van der Waals surface area contributed by atoms with Gasteiger partial charge in [-0.2, -0.15) is 0 Å². The van der Waals surface area contributed by atoms with Crippen molar-refractivity contribution < 1.29 is 34.1 Å². The van der Waals surface area contributed by atoms with E-state index < -0.39 is 50.1 Å². The van der Waals surface area contributed by atoms with Gasteiger partial charge in [0.1, 0.15) is 0 Å². The minimum atomic E-state index is -3.97. The average molecular weight is 358 g/mol. The summed E-state index contributed by atoms with van der Waals surface area (Å²) < 4.78 is 12.0. The molecule has 1 aromatic carbocycles.